The van der Waals surface area contributed by atoms with Crippen molar-refractivity contribution in [2.45, 2.75) is 0 Å². The van der Waals surface area contributed by atoms with Crippen LogP contribution in [0.1, 0.15) is 5.56 Å². The highest BCUT2D eigenvalue weighted by molar-refractivity contribution is 6.31. The largest absolute Gasteiger partial charge is 0.397 e. The average molecular weight is 258 g/mol. The molecule has 18 heavy (non-hydrogen) atoms. The van der Waals surface area contributed by atoms with Gasteiger partial charge < -0.3 is 10.6 Å². The summed E-state index contributed by atoms with van der Waals surface area (Å²) in [7, 11) is 1.92. The zero-order valence-electron chi connectivity index (χ0n) is 9.89. The van der Waals surface area contributed by atoms with Crippen LogP contribution in [0.25, 0.3) is 0 Å². The molecule has 0 saturated heterocycles. The van der Waals surface area contributed by atoms with Gasteiger partial charge in [-0.15, -0.1) is 0 Å². The van der Waals surface area contributed by atoms with E-state index in [9.17, 15) is 0 Å². The highest BCUT2D eigenvalue weighted by Crippen LogP contribution is 2.30. The predicted octanol–water partition coefficient (Wildman–Crippen LogP) is 3.56. The molecular formula is C14H12ClN3. The number of rotatable bonds is 2. The van der Waals surface area contributed by atoms with Crippen LogP contribution in [0.3, 0.4) is 0 Å². The SMILES string of the molecule is CN(c1ccc(C#N)cc1)c1ccc(Cl)cc1N. The number of hydrogen-bond donors (Lipinski definition) is 1. The number of halogens is 1. The zero-order chi connectivity index (χ0) is 13.1. The fourth-order valence-electron chi connectivity index (χ4n) is 1.73. The van der Waals surface area contributed by atoms with Crippen LogP contribution in [0, 0.1) is 11.3 Å². The third-order valence-electron chi connectivity index (χ3n) is 2.73. The molecule has 4 heteroatoms. The molecule has 90 valence electrons. The molecule has 0 aliphatic carbocycles. The monoisotopic (exact) mass is 257 g/mol. The van der Waals surface area contributed by atoms with E-state index in [0.717, 1.165) is 11.4 Å². The van der Waals surface area contributed by atoms with Gasteiger partial charge in [-0.2, -0.15) is 5.26 Å². The Labute approximate surface area is 111 Å². The normalized spacial score (nSPS) is 9.83. The van der Waals surface area contributed by atoms with Crippen LogP contribution in [0.5, 0.6) is 0 Å². The van der Waals surface area contributed by atoms with Crippen LogP contribution in [0.4, 0.5) is 17.1 Å². The first-order valence-corrected chi connectivity index (χ1v) is 5.78. The van der Waals surface area contributed by atoms with E-state index in [0.29, 0.717) is 16.3 Å². The number of nitrogens with zero attached hydrogens (tertiary/aromatic N) is 2. The van der Waals surface area contributed by atoms with Crippen molar-refractivity contribution in [3.8, 4) is 6.07 Å². The first-order valence-electron chi connectivity index (χ1n) is 5.41. The Bertz CT molecular complexity index is 599. The van der Waals surface area contributed by atoms with Crippen LogP contribution < -0.4 is 10.6 Å². The van der Waals surface area contributed by atoms with Crippen molar-refractivity contribution in [3.63, 3.8) is 0 Å². The van der Waals surface area contributed by atoms with Crippen molar-refractivity contribution >= 4 is 28.7 Å². The van der Waals surface area contributed by atoms with Gasteiger partial charge in [0.25, 0.3) is 0 Å². The molecule has 0 aliphatic heterocycles. The quantitative estimate of drug-likeness (QED) is 0.837. The molecule has 2 aromatic carbocycles. The lowest BCUT2D eigenvalue weighted by Crippen LogP contribution is -2.11. The van der Waals surface area contributed by atoms with E-state index < -0.39 is 0 Å². The summed E-state index contributed by atoms with van der Waals surface area (Å²) in [6.45, 7) is 0. The zero-order valence-corrected chi connectivity index (χ0v) is 10.6. The molecule has 0 fully saturated rings. The Morgan fingerprint density at radius 1 is 1.17 bits per heavy atom. The van der Waals surface area contributed by atoms with Gasteiger partial charge in [-0.3, -0.25) is 0 Å². The Morgan fingerprint density at radius 3 is 2.39 bits per heavy atom. The molecule has 0 aliphatic rings. The number of anilines is 3. The summed E-state index contributed by atoms with van der Waals surface area (Å²) in [5.41, 5.74) is 9.03. The summed E-state index contributed by atoms with van der Waals surface area (Å²) in [5, 5.41) is 9.38. The van der Waals surface area contributed by atoms with Crippen molar-refractivity contribution in [1.82, 2.24) is 0 Å². The van der Waals surface area contributed by atoms with Crippen molar-refractivity contribution in [1.29, 1.82) is 5.26 Å². The molecule has 0 spiro atoms. The standard InChI is InChI=1S/C14H12ClN3/c1-18(12-5-2-10(9-16)3-6-12)14-7-4-11(15)8-13(14)17/h2-8H,17H2,1H3. The van der Waals surface area contributed by atoms with Gasteiger partial charge in [0.2, 0.25) is 0 Å². The van der Waals surface area contributed by atoms with E-state index in [2.05, 4.69) is 6.07 Å². The van der Waals surface area contributed by atoms with Crippen LogP contribution in [-0.4, -0.2) is 7.05 Å². The van der Waals surface area contributed by atoms with E-state index in [-0.39, 0.29) is 0 Å². The lowest BCUT2D eigenvalue weighted by atomic mass is 10.2. The summed E-state index contributed by atoms with van der Waals surface area (Å²) in [5.74, 6) is 0. The fourth-order valence-corrected chi connectivity index (χ4v) is 1.91. The van der Waals surface area contributed by atoms with Gasteiger partial charge in [-0.1, -0.05) is 11.6 Å². The topological polar surface area (TPSA) is 53.0 Å². The second-order valence-electron chi connectivity index (χ2n) is 3.92. The van der Waals surface area contributed by atoms with Crippen LogP contribution in [-0.2, 0) is 0 Å². The highest BCUT2D eigenvalue weighted by atomic mass is 35.5. The Kier molecular flexibility index (Phi) is 3.40. The molecule has 0 bridgehead atoms. The molecule has 2 aromatic rings. The van der Waals surface area contributed by atoms with E-state index in [1.807, 2.05) is 30.1 Å². The number of nitrogens with two attached hydrogens (primary N) is 1. The smallest absolute Gasteiger partial charge is 0.0991 e. The van der Waals surface area contributed by atoms with Crippen LogP contribution >= 0.6 is 11.6 Å². The predicted molar refractivity (Wildman–Crippen MR) is 75.1 cm³/mol. The minimum absolute atomic E-state index is 0.615. The average Bonchev–Trinajstić information content (AvgIpc) is 2.38. The van der Waals surface area contributed by atoms with Gasteiger partial charge in [-0.25, -0.2) is 0 Å². The van der Waals surface area contributed by atoms with Crippen molar-refractivity contribution in [2.24, 2.45) is 0 Å². The summed E-state index contributed by atoms with van der Waals surface area (Å²) >= 11 is 5.87. The van der Waals surface area contributed by atoms with Gasteiger partial charge >= 0.3 is 0 Å². The molecule has 0 unspecified atom stereocenters. The number of nitrogen functional groups attached to an aromatic ring is 1. The van der Waals surface area contributed by atoms with Gasteiger partial charge in [0, 0.05) is 17.8 Å². The second kappa shape index (κ2) is 4.99. The summed E-state index contributed by atoms with van der Waals surface area (Å²) in [4.78, 5) is 1.95. The summed E-state index contributed by atoms with van der Waals surface area (Å²) in [6, 6.07) is 14.8. The minimum atomic E-state index is 0.615. The lowest BCUT2D eigenvalue weighted by Gasteiger charge is -2.21. The van der Waals surface area contributed by atoms with E-state index in [1.54, 1.807) is 24.3 Å². The van der Waals surface area contributed by atoms with Crippen LogP contribution in [0.2, 0.25) is 5.02 Å². The molecule has 2 rings (SSSR count). The van der Waals surface area contributed by atoms with Crippen molar-refractivity contribution < 1.29 is 0 Å². The molecule has 0 amide bonds. The van der Waals surface area contributed by atoms with Crippen LogP contribution in [0.15, 0.2) is 42.5 Å². The molecule has 2 N–H and O–H groups in total. The third kappa shape index (κ3) is 2.39. The first kappa shape index (κ1) is 12.3. The number of nitriles is 1. The molecular weight excluding hydrogens is 246 g/mol. The van der Waals surface area contributed by atoms with Crippen molar-refractivity contribution in [2.75, 3.05) is 17.7 Å². The maximum atomic E-state index is 8.76. The number of hydrogen-bond acceptors (Lipinski definition) is 3. The van der Waals surface area contributed by atoms with E-state index in [4.69, 9.17) is 22.6 Å². The molecule has 0 heterocycles. The Morgan fingerprint density at radius 2 is 1.83 bits per heavy atom. The minimum Gasteiger partial charge on any atom is -0.397 e. The summed E-state index contributed by atoms with van der Waals surface area (Å²) < 4.78 is 0. The van der Waals surface area contributed by atoms with E-state index in [1.165, 1.54) is 0 Å². The van der Waals surface area contributed by atoms with Crippen molar-refractivity contribution in [3.05, 3.63) is 53.1 Å². The number of benzene rings is 2. The van der Waals surface area contributed by atoms with Gasteiger partial charge in [0.15, 0.2) is 0 Å². The van der Waals surface area contributed by atoms with Gasteiger partial charge in [-0.05, 0) is 42.5 Å². The Hall–Kier alpha value is -2.18. The van der Waals surface area contributed by atoms with Gasteiger partial charge in [0.05, 0.1) is 23.0 Å². The highest BCUT2D eigenvalue weighted by Gasteiger charge is 2.07. The fraction of sp³-hybridized carbons (Fsp3) is 0.0714. The van der Waals surface area contributed by atoms with Gasteiger partial charge in [0.1, 0.15) is 0 Å². The molecule has 0 aromatic heterocycles. The van der Waals surface area contributed by atoms with E-state index >= 15 is 0 Å². The summed E-state index contributed by atoms with van der Waals surface area (Å²) in [6.07, 6.45) is 0. The molecule has 3 nitrogen and oxygen atoms in total. The first-order chi connectivity index (χ1) is 8.61. The Balaban J connectivity index is 2.35. The second-order valence-corrected chi connectivity index (χ2v) is 4.36. The third-order valence-corrected chi connectivity index (χ3v) is 2.97. The lowest BCUT2D eigenvalue weighted by molar-refractivity contribution is 1.21. The molecule has 0 radical (unpaired) electrons. The maximum absolute atomic E-state index is 8.76. The molecule has 0 atom stereocenters. The molecule has 0 saturated carbocycles. The maximum Gasteiger partial charge on any atom is 0.0991 e.